The van der Waals surface area contributed by atoms with Crippen molar-refractivity contribution in [1.82, 2.24) is 0 Å². The first kappa shape index (κ1) is 11.8. The molecule has 6 nitrogen and oxygen atoms in total. The molecular weight excluding hydrogens is 210 g/mol. The van der Waals surface area contributed by atoms with Gasteiger partial charge < -0.3 is 0 Å². The molecule has 1 aromatic rings. The van der Waals surface area contributed by atoms with Crippen molar-refractivity contribution in [2.24, 2.45) is 5.10 Å². The molecule has 1 aromatic carbocycles. The zero-order chi connectivity index (χ0) is 12.0. The highest BCUT2D eigenvalue weighted by Crippen LogP contribution is 2.16. The topological polar surface area (TPSA) is 84.6 Å². The molecule has 0 aliphatic carbocycles. The third kappa shape index (κ3) is 3.16. The molecular formula is C10H11N3O3. The molecule has 0 saturated heterocycles. The van der Waals surface area contributed by atoms with Crippen molar-refractivity contribution in [2.45, 2.75) is 13.3 Å². The lowest BCUT2D eigenvalue weighted by atomic mass is 10.3. The predicted octanol–water partition coefficient (Wildman–Crippen LogP) is 1.97. The number of carbonyl (C=O) groups is 1. The molecule has 1 rings (SSSR count). The van der Waals surface area contributed by atoms with Crippen LogP contribution in [-0.4, -0.2) is 16.9 Å². The Morgan fingerprint density at radius 2 is 2.38 bits per heavy atom. The van der Waals surface area contributed by atoms with Gasteiger partial charge in [-0.3, -0.25) is 20.3 Å². The molecule has 0 spiro atoms. The number of anilines is 1. The SMILES string of the molecule is CCC(C=O)=NNc1cccc([N+](=O)[O-])c1. The standard InChI is InChI=1S/C10H11N3O3/c1-2-8(7-14)11-12-9-4-3-5-10(6-9)13(15)16/h3-7,12H,2H2,1H3. The van der Waals surface area contributed by atoms with E-state index >= 15 is 0 Å². The van der Waals surface area contributed by atoms with E-state index in [4.69, 9.17) is 0 Å². The number of hydrogen-bond acceptors (Lipinski definition) is 5. The summed E-state index contributed by atoms with van der Waals surface area (Å²) in [4.78, 5) is 20.5. The average molecular weight is 221 g/mol. The molecule has 0 amide bonds. The van der Waals surface area contributed by atoms with E-state index in [0.29, 0.717) is 24.1 Å². The van der Waals surface area contributed by atoms with Crippen molar-refractivity contribution < 1.29 is 9.72 Å². The molecule has 1 N–H and O–H groups in total. The Bertz CT molecular complexity index is 429. The number of non-ortho nitro benzene ring substituents is 1. The Kier molecular flexibility index (Phi) is 4.14. The van der Waals surface area contributed by atoms with Crippen LogP contribution in [0.1, 0.15) is 13.3 Å². The van der Waals surface area contributed by atoms with Crippen LogP contribution in [0, 0.1) is 10.1 Å². The van der Waals surface area contributed by atoms with Crippen molar-refractivity contribution in [2.75, 3.05) is 5.43 Å². The fraction of sp³-hybridized carbons (Fsp3) is 0.200. The average Bonchev–Trinajstić information content (AvgIpc) is 2.31. The van der Waals surface area contributed by atoms with Crippen molar-refractivity contribution in [1.29, 1.82) is 0 Å². The summed E-state index contributed by atoms with van der Waals surface area (Å²) in [6.07, 6.45) is 1.15. The van der Waals surface area contributed by atoms with Crippen molar-refractivity contribution in [3.8, 4) is 0 Å². The molecule has 0 fully saturated rings. The summed E-state index contributed by atoms with van der Waals surface area (Å²) in [7, 11) is 0. The first-order chi connectivity index (χ1) is 7.67. The number of carbonyl (C=O) groups excluding carboxylic acids is 1. The van der Waals surface area contributed by atoms with Crippen LogP contribution in [0.5, 0.6) is 0 Å². The third-order valence-electron chi connectivity index (χ3n) is 1.88. The molecule has 84 valence electrons. The van der Waals surface area contributed by atoms with Gasteiger partial charge >= 0.3 is 0 Å². The largest absolute Gasteiger partial charge is 0.296 e. The van der Waals surface area contributed by atoms with E-state index in [1.54, 1.807) is 19.1 Å². The Morgan fingerprint density at radius 1 is 1.62 bits per heavy atom. The van der Waals surface area contributed by atoms with Crippen LogP contribution in [-0.2, 0) is 4.79 Å². The van der Waals surface area contributed by atoms with E-state index in [1.165, 1.54) is 12.1 Å². The summed E-state index contributed by atoms with van der Waals surface area (Å²) < 4.78 is 0. The molecule has 16 heavy (non-hydrogen) atoms. The van der Waals surface area contributed by atoms with Crippen LogP contribution in [0.4, 0.5) is 11.4 Å². The van der Waals surface area contributed by atoms with E-state index in [0.717, 1.165) is 0 Å². The zero-order valence-corrected chi connectivity index (χ0v) is 8.71. The summed E-state index contributed by atoms with van der Waals surface area (Å²) in [5.74, 6) is 0. The fourth-order valence-corrected chi connectivity index (χ4v) is 1.01. The molecule has 0 saturated carbocycles. The van der Waals surface area contributed by atoms with Gasteiger partial charge in [0.1, 0.15) is 5.71 Å². The van der Waals surface area contributed by atoms with Crippen LogP contribution in [0.2, 0.25) is 0 Å². The maximum atomic E-state index is 10.5. The normalized spacial score (nSPS) is 10.9. The number of rotatable bonds is 5. The van der Waals surface area contributed by atoms with E-state index in [1.807, 2.05) is 0 Å². The molecule has 0 atom stereocenters. The van der Waals surface area contributed by atoms with Crippen molar-refractivity contribution >= 4 is 23.4 Å². The Hall–Kier alpha value is -2.24. The van der Waals surface area contributed by atoms with Crippen molar-refractivity contribution in [3.63, 3.8) is 0 Å². The van der Waals surface area contributed by atoms with Crippen molar-refractivity contribution in [3.05, 3.63) is 34.4 Å². The summed E-state index contributed by atoms with van der Waals surface area (Å²) in [6, 6.07) is 5.91. The van der Waals surface area contributed by atoms with Gasteiger partial charge in [0.2, 0.25) is 0 Å². The molecule has 0 unspecified atom stereocenters. The number of nitro benzene ring substituents is 1. The molecule has 6 heteroatoms. The maximum Gasteiger partial charge on any atom is 0.271 e. The highest BCUT2D eigenvalue weighted by molar-refractivity contribution is 6.28. The van der Waals surface area contributed by atoms with Gasteiger partial charge in [-0.25, -0.2) is 0 Å². The van der Waals surface area contributed by atoms with E-state index in [9.17, 15) is 14.9 Å². The second-order valence-corrected chi connectivity index (χ2v) is 2.99. The lowest BCUT2D eigenvalue weighted by Crippen LogP contribution is -2.02. The lowest BCUT2D eigenvalue weighted by Gasteiger charge is -2.00. The van der Waals surface area contributed by atoms with Gasteiger partial charge in [0.25, 0.3) is 5.69 Å². The number of nitrogens with one attached hydrogen (secondary N) is 1. The van der Waals surface area contributed by atoms with Gasteiger partial charge in [0.15, 0.2) is 6.29 Å². The second kappa shape index (κ2) is 5.59. The highest BCUT2D eigenvalue weighted by Gasteiger charge is 2.04. The Labute approximate surface area is 92.1 Å². The van der Waals surface area contributed by atoms with Gasteiger partial charge in [-0.15, -0.1) is 0 Å². The number of nitro groups is 1. The molecule has 0 heterocycles. The predicted molar refractivity (Wildman–Crippen MR) is 60.5 cm³/mol. The third-order valence-corrected chi connectivity index (χ3v) is 1.88. The molecule has 0 aliphatic heterocycles. The van der Waals surface area contributed by atoms with Gasteiger partial charge in [-0.2, -0.15) is 5.10 Å². The molecule has 0 aromatic heterocycles. The number of aldehydes is 1. The summed E-state index contributed by atoms with van der Waals surface area (Å²) >= 11 is 0. The van der Waals surface area contributed by atoms with Gasteiger partial charge in [-0.05, 0) is 12.5 Å². The first-order valence-electron chi connectivity index (χ1n) is 4.69. The summed E-state index contributed by atoms with van der Waals surface area (Å²) in [5, 5.41) is 14.3. The number of benzene rings is 1. The van der Waals surface area contributed by atoms with E-state index in [2.05, 4.69) is 10.5 Å². The van der Waals surface area contributed by atoms with Crippen LogP contribution >= 0.6 is 0 Å². The first-order valence-corrected chi connectivity index (χ1v) is 4.69. The second-order valence-electron chi connectivity index (χ2n) is 2.99. The molecule has 0 aliphatic rings. The zero-order valence-electron chi connectivity index (χ0n) is 8.71. The van der Waals surface area contributed by atoms with Crippen LogP contribution in [0.3, 0.4) is 0 Å². The molecule has 0 radical (unpaired) electrons. The minimum absolute atomic E-state index is 0.0237. The minimum atomic E-state index is -0.491. The van der Waals surface area contributed by atoms with Crippen LogP contribution in [0.25, 0.3) is 0 Å². The Balaban J connectivity index is 2.82. The monoisotopic (exact) mass is 221 g/mol. The minimum Gasteiger partial charge on any atom is -0.296 e. The number of nitrogens with zero attached hydrogens (tertiary/aromatic N) is 2. The van der Waals surface area contributed by atoms with E-state index < -0.39 is 4.92 Å². The van der Waals surface area contributed by atoms with Gasteiger partial charge in [0.05, 0.1) is 10.6 Å². The van der Waals surface area contributed by atoms with Gasteiger partial charge in [-0.1, -0.05) is 13.0 Å². The number of hydrazone groups is 1. The lowest BCUT2D eigenvalue weighted by molar-refractivity contribution is -0.384. The van der Waals surface area contributed by atoms with E-state index in [-0.39, 0.29) is 5.69 Å². The maximum absolute atomic E-state index is 10.5. The highest BCUT2D eigenvalue weighted by atomic mass is 16.6. The number of hydrogen-bond donors (Lipinski definition) is 1. The smallest absolute Gasteiger partial charge is 0.271 e. The fourth-order valence-electron chi connectivity index (χ4n) is 1.01. The Morgan fingerprint density at radius 3 is 2.94 bits per heavy atom. The summed E-state index contributed by atoms with van der Waals surface area (Å²) in [6.45, 7) is 1.79. The van der Waals surface area contributed by atoms with Crippen LogP contribution < -0.4 is 5.43 Å². The van der Waals surface area contributed by atoms with Gasteiger partial charge in [0, 0.05) is 12.1 Å². The quantitative estimate of drug-likeness (QED) is 0.356. The van der Waals surface area contributed by atoms with Crippen LogP contribution in [0.15, 0.2) is 29.4 Å². The summed E-state index contributed by atoms with van der Waals surface area (Å²) in [5.41, 5.74) is 3.40. The molecule has 0 bridgehead atoms.